The molecule has 22 heavy (non-hydrogen) atoms. The Hall–Kier alpha value is -2.50. The van der Waals surface area contributed by atoms with Gasteiger partial charge in [-0.1, -0.05) is 0 Å². The zero-order chi connectivity index (χ0) is 15.1. The summed E-state index contributed by atoms with van der Waals surface area (Å²) in [6.07, 6.45) is 1.90. The molecule has 114 valence electrons. The van der Waals surface area contributed by atoms with Gasteiger partial charge in [-0.3, -0.25) is 9.59 Å². The molecule has 2 heterocycles. The molecule has 1 fully saturated rings. The van der Waals surface area contributed by atoms with Crippen molar-refractivity contribution in [2.45, 2.75) is 19.4 Å². The van der Waals surface area contributed by atoms with Crippen LogP contribution in [0.15, 0.2) is 23.0 Å². The largest absolute Gasteiger partial charge is 0.486 e. The van der Waals surface area contributed by atoms with Crippen LogP contribution >= 0.6 is 0 Å². The lowest BCUT2D eigenvalue weighted by atomic mass is 10.1. The van der Waals surface area contributed by atoms with Gasteiger partial charge in [0, 0.05) is 29.5 Å². The molecule has 2 aliphatic rings. The van der Waals surface area contributed by atoms with Crippen LogP contribution < -0.4 is 20.3 Å². The zero-order valence-electron chi connectivity index (χ0n) is 12.0. The first-order chi connectivity index (χ1) is 10.7. The number of carbonyl (C=O) groups is 1. The molecular formula is C16H16N2O4. The SMILES string of the molecule is O=C(NCc1cc2cc3c(cc2[nH]c1=O)OCCO3)C1CC1. The van der Waals surface area contributed by atoms with Gasteiger partial charge in [-0.2, -0.15) is 0 Å². The summed E-state index contributed by atoms with van der Waals surface area (Å²) in [6, 6.07) is 5.42. The van der Waals surface area contributed by atoms with Gasteiger partial charge in [0.15, 0.2) is 11.5 Å². The van der Waals surface area contributed by atoms with Gasteiger partial charge in [-0.15, -0.1) is 0 Å². The highest BCUT2D eigenvalue weighted by Gasteiger charge is 2.29. The highest BCUT2D eigenvalue weighted by atomic mass is 16.6. The van der Waals surface area contributed by atoms with Crippen LogP contribution in [0.2, 0.25) is 0 Å². The minimum Gasteiger partial charge on any atom is -0.486 e. The number of benzene rings is 1. The summed E-state index contributed by atoms with van der Waals surface area (Å²) >= 11 is 0. The highest BCUT2D eigenvalue weighted by molar-refractivity contribution is 5.83. The first-order valence-electron chi connectivity index (χ1n) is 7.44. The number of hydrogen-bond donors (Lipinski definition) is 2. The van der Waals surface area contributed by atoms with Gasteiger partial charge in [0.05, 0.1) is 5.52 Å². The van der Waals surface area contributed by atoms with Crippen LogP contribution in [-0.2, 0) is 11.3 Å². The van der Waals surface area contributed by atoms with Gasteiger partial charge in [-0.25, -0.2) is 0 Å². The van der Waals surface area contributed by atoms with Crippen LogP contribution in [0, 0.1) is 5.92 Å². The Kier molecular flexibility index (Phi) is 3.03. The number of pyridine rings is 1. The molecule has 4 rings (SSSR count). The van der Waals surface area contributed by atoms with Crippen LogP contribution in [0.3, 0.4) is 0 Å². The fraction of sp³-hybridized carbons (Fsp3) is 0.375. The molecule has 2 aromatic rings. The van der Waals surface area contributed by atoms with Crippen molar-refractivity contribution in [2.24, 2.45) is 5.92 Å². The van der Waals surface area contributed by atoms with E-state index in [1.54, 1.807) is 12.1 Å². The Balaban J connectivity index is 1.65. The van der Waals surface area contributed by atoms with E-state index in [2.05, 4.69) is 10.3 Å². The van der Waals surface area contributed by atoms with Gasteiger partial charge in [0.1, 0.15) is 13.2 Å². The summed E-state index contributed by atoms with van der Waals surface area (Å²) < 4.78 is 11.1. The fourth-order valence-electron chi connectivity index (χ4n) is 2.59. The number of rotatable bonds is 3. The molecule has 1 aromatic heterocycles. The average Bonchev–Trinajstić information content (AvgIpc) is 3.35. The third-order valence-electron chi connectivity index (χ3n) is 3.99. The first kappa shape index (κ1) is 13.2. The summed E-state index contributed by atoms with van der Waals surface area (Å²) in [4.78, 5) is 26.6. The number of hydrogen-bond acceptors (Lipinski definition) is 4. The monoisotopic (exact) mass is 300 g/mol. The van der Waals surface area contributed by atoms with E-state index >= 15 is 0 Å². The zero-order valence-corrected chi connectivity index (χ0v) is 12.0. The molecule has 6 nitrogen and oxygen atoms in total. The molecule has 1 aliphatic carbocycles. The number of H-pyrrole nitrogens is 1. The lowest BCUT2D eigenvalue weighted by molar-refractivity contribution is -0.122. The number of carbonyl (C=O) groups excluding carboxylic acids is 1. The first-order valence-corrected chi connectivity index (χ1v) is 7.44. The predicted molar refractivity (Wildman–Crippen MR) is 80.1 cm³/mol. The lowest BCUT2D eigenvalue weighted by Gasteiger charge is -2.18. The topological polar surface area (TPSA) is 80.4 Å². The molecule has 0 unspecified atom stereocenters. The standard InChI is InChI=1S/C16H16N2O4/c19-15(9-1-2-9)17-8-11-5-10-6-13-14(22-4-3-21-13)7-12(10)18-16(11)20/h5-7,9H,1-4,8H2,(H,17,19)(H,18,20). The minimum atomic E-state index is -0.194. The Morgan fingerprint density at radius 1 is 1.18 bits per heavy atom. The number of ether oxygens (including phenoxy) is 2. The maximum absolute atomic E-state index is 12.1. The van der Waals surface area contributed by atoms with Crippen molar-refractivity contribution in [3.05, 3.63) is 34.1 Å². The van der Waals surface area contributed by atoms with Gasteiger partial charge in [0.25, 0.3) is 5.56 Å². The third-order valence-corrected chi connectivity index (χ3v) is 3.99. The molecule has 0 atom stereocenters. The van der Waals surface area contributed by atoms with Crippen LogP contribution in [-0.4, -0.2) is 24.1 Å². The Morgan fingerprint density at radius 3 is 2.64 bits per heavy atom. The highest BCUT2D eigenvalue weighted by Crippen LogP contribution is 2.33. The molecule has 2 N–H and O–H groups in total. The lowest BCUT2D eigenvalue weighted by Crippen LogP contribution is -2.27. The summed E-state index contributed by atoms with van der Waals surface area (Å²) in [7, 11) is 0. The molecule has 0 spiro atoms. The second kappa shape index (κ2) is 5.05. The molecular weight excluding hydrogens is 284 g/mol. The van der Waals surface area contributed by atoms with Crippen LogP contribution in [0.4, 0.5) is 0 Å². The summed E-state index contributed by atoms with van der Waals surface area (Å²) in [5.41, 5.74) is 1.05. The average molecular weight is 300 g/mol. The van der Waals surface area contributed by atoms with Crippen molar-refractivity contribution in [1.82, 2.24) is 10.3 Å². The van der Waals surface area contributed by atoms with E-state index in [9.17, 15) is 9.59 Å². The molecule has 6 heteroatoms. The molecule has 1 aliphatic heterocycles. The molecule has 0 radical (unpaired) electrons. The van der Waals surface area contributed by atoms with E-state index in [-0.39, 0.29) is 23.9 Å². The van der Waals surface area contributed by atoms with E-state index in [0.29, 0.717) is 35.8 Å². The van der Waals surface area contributed by atoms with Crippen molar-refractivity contribution >= 4 is 16.8 Å². The van der Waals surface area contributed by atoms with E-state index in [1.807, 2.05) is 6.07 Å². The quantitative estimate of drug-likeness (QED) is 0.896. The van der Waals surface area contributed by atoms with Crippen LogP contribution in [0.1, 0.15) is 18.4 Å². The molecule has 1 aromatic carbocycles. The Morgan fingerprint density at radius 2 is 1.91 bits per heavy atom. The van der Waals surface area contributed by atoms with E-state index in [1.165, 1.54) is 0 Å². The van der Waals surface area contributed by atoms with Crippen molar-refractivity contribution in [3.8, 4) is 11.5 Å². The number of fused-ring (bicyclic) bond motifs is 2. The Labute approximate surface area is 126 Å². The Bertz CT molecular complexity index is 808. The van der Waals surface area contributed by atoms with Crippen molar-refractivity contribution in [1.29, 1.82) is 0 Å². The van der Waals surface area contributed by atoms with Crippen molar-refractivity contribution in [2.75, 3.05) is 13.2 Å². The van der Waals surface area contributed by atoms with Gasteiger partial charge >= 0.3 is 0 Å². The van der Waals surface area contributed by atoms with E-state index < -0.39 is 0 Å². The molecule has 0 saturated heterocycles. The van der Waals surface area contributed by atoms with Gasteiger partial charge in [0.2, 0.25) is 5.91 Å². The summed E-state index contributed by atoms with van der Waals surface area (Å²) in [6.45, 7) is 1.27. The van der Waals surface area contributed by atoms with Gasteiger partial charge in [-0.05, 0) is 25.0 Å². The molecule has 1 saturated carbocycles. The number of amides is 1. The summed E-state index contributed by atoms with van der Waals surface area (Å²) in [5.74, 6) is 1.49. The van der Waals surface area contributed by atoms with Gasteiger partial charge < -0.3 is 19.8 Å². The second-order valence-corrected chi connectivity index (χ2v) is 5.70. The van der Waals surface area contributed by atoms with Crippen molar-refractivity contribution < 1.29 is 14.3 Å². The minimum absolute atomic E-state index is 0.0293. The number of aromatic nitrogens is 1. The molecule has 1 amide bonds. The van der Waals surface area contributed by atoms with Crippen LogP contribution in [0.5, 0.6) is 11.5 Å². The third kappa shape index (κ3) is 2.41. The smallest absolute Gasteiger partial charge is 0.253 e. The molecule has 0 bridgehead atoms. The summed E-state index contributed by atoms with van der Waals surface area (Å²) in [5, 5.41) is 3.67. The second-order valence-electron chi connectivity index (χ2n) is 5.70. The van der Waals surface area contributed by atoms with Crippen LogP contribution in [0.25, 0.3) is 10.9 Å². The van der Waals surface area contributed by atoms with Crippen molar-refractivity contribution in [3.63, 3.8) is 0 Å². The normalized spacial score (nSPS) is 16.5. The predicted octanol–water partition coefficient (Wildman–Crippen LogP) is 1.33. The maximum Gasteiger partial charge on any atom is 0.253 e. The number of aromatic amines is 1. The number of nitrogens with one attached hydrogen (secondary N) is 2. The maximum atomic E-state index is 12.1. The van der Waals surface area contributed by atoms with E-state index in [0.717, 1.165) is 18.2 Å². The fourth-order valence-corrected chi connectivity index (χ4v) is 2.59. The van der Waals surface area contributed by atoms with E-state index in [4.69, 9.17) is 9.47 Å².